The molecule has 0 saturated heterocycles. The van der Waals surface area contributed by atoms with Crippen LogP contribution in [0.4, 0.5) is 5.69 Å². The first-order chi connectivity index (χ1) is 8.45. The average molecular weight is 270 g/mol. The minimum Gasteiger partial charge on any atom is -0.481 e. The van der Waals surface area contributed by atoms with Gasteiger partial charge in [0.2, 0.25) is 0 Å². The number of nitrogens with zero attached hydrogens (tertiary/aromatic N) is 1. The second-order valence-electron chi connectivity index (χ2n) is 4.62. The maximum atomic E-state index is 11.0. The Kier molecular flexibility index (Phi) is 5.48. The topological polar surface area (TPSA) is 40.5 Å². The van der Waals surface area contributed by atoms with Gasteiger partial charge >= 0.3 is 5.97 Å². The van der Waals surface area contributed by atoms with E-state index < -0.39 is 5.97 Å². The Balaban J connectivity index is 2.93. The molecule has 1 N–H and O–H groups in total. The van der Waals surface area contributed by atoms with Gasteiger partial charge < -0.3 is 10.0 Å². The number of aliphatic carboxylic acids is 1. The molecule has 0 aliphatic carbocycles. The number of hydrogen-bond acceptors (Lipinski definition) is 2. The molecule has 1 rings (SSSR count). The fourth-order valence-electron chi connectivity index (χ4n) is 1.96. The monoisotopic (exact) mass is 269 g/mol. The molecule has 0 bridgehead atoms. The van der Waals surface area contributed by atoms with Crippen LogP contribution in [0.3, 0.4) is 0 Å². The van der Waals surface area contributed by atoms with E-state index in [0.717, 1.165) is 24.2 Å². The summed E-state index contributed by atoms with van der Waals surface area (Å²) in [5.74, 6) is -1.14. The SMILES string of the molecule is CCCN(CC(C)C(=O)O)c1ccc(Cl)cc1C. The number of carbonyl (C=O) groups is 1. The van der Waals surface area contributed by atoms with Crippen LogP contribution in [0.1, 0.15) is 25.8 Å². The van der Waals surface area contributed by atoms with Crippen LogP contribution in [-0.2, 0) is 4.79 Å². The number of halogens is 1. The molecule has 0 aliphatic heterocycles. The number of aryl methyl sites for hydroxylation is 1. The van der Waals surface area contributed by atoms with Crippen LogP contribution in [0.5, 0.6) is 0 Å². The van der Waals surface area contributed by atoms with E-state index in [4.69, 9.17) is 16.7 Å². The zero-order valence-corrected chi connectivity index (χ0v) is 11.9. The van der Waals surface area contributed by atoms with Gasteiger partial charge in [0, 0.05) is 23.8 Å². The maximum Gasteiger partial charge on any atom is 0.308 e. The van der Waals surface area contributed by atoms with E-state index in [1.54, 1.807) is 6.92 Å². The number of benzene rings is 1. The van der Waals surface area contributed by atoms with Crippen molar-refractivity contribution >= 4 is 23.3 Å². The highest BCUT2D eigenvalue weighted by Gasteiger charge is 2.17. The van der Waals surface area contributed by atoms with Gasteiger partial charge in [0.25, 0.3) is 0 Å². The van der Waals surface area contributed by atoms with Crippen LogP contribution >= 0.6 is 11.6 Å². The van der Waals surface area contributed by atoms with E-state index in [-0.39, 0.29) is 5.92 Å². The zero-order valence-electron chi connectivity index (χ0n) is 11.1. The van der Waals surface area contributed by atoms with Gasteiger partial charge in [-0.25, -0.2) is 0 Å². The highest BCUT2D eigenvalue weighted by Crippen LogP contribution is 2.24. The molecule has 18 heavy (non-hydrogen) atoms. The fourth-order valence-corrected chi connectivity index (χ4v) is 2.19. The Bertz CT molecular complexity index is 420. The summed E-state index contributed by atoms with van der Waals surface area (Å²) in [5.41, 5.74) is 2.14. The third kappa shape index (κ3) is 3.91. The fraction of sp³-hybridized carbons (Fsp3) is 0.500. The molecular weight excluding hydrogens is 250 g/mol. The second kappa shape index (κ2) is 6.64. The first-order valence-electron chi connectivity index (χ1n) is 6.19. The minimum atomic E-state index is -0.761. The van der Waals surface area contributed by atoms with Gasteiger partial charge in [-0.15, -0.1) is 0 Å². The van der Waals surface area contributed by atoms with Crippen molar-refractivity contribution in [2.75, 3.05) is 18.0 Å². The Hall–Kier alpha value is -1.22. The van der Waals surface area contributed by atoms with Crippen molar-refractivity contribution in [3.05, 3.63) is 28.8 Å². The van der Waals surface area contributed by atoms with Crippen LogP contribution in [0.15, 0.2) is 18.2 Å². The van der Waals surface area contributed by atoms with E-state index >= 15 is 0 Å². The first-order valence-corrected chi connectivity index (χ1v) is 6.57. The number of carboxylic acid groups (broad SMARTS) is 1. The summed E-state index contributed by atoms with van der Waals surface area (Å²) in [6.45, 7) is 7.18. The Morgan fingerprint density at radius 2 is 2.17 bits per heavy atom. The molecule has 0 fully saturated rings. The van der Waals surface area contributed by atoms with Crippen molar-refractivity contribution in [1.82, 2.24) is 0 Å². The summed E-state index contributed by atoms with van der Waals surface area (Å²) in [4.78, 5) is 13.1. The van der Waals surface area contributed by atoms with Crippen LogP contribution < -0.4 is 4.90 Å². The molecular formula is C14H20ClNO2. The van der Waals surface area contributed by atoms with Gasteiger partial charge in [-0.3, -0.25) is 4.79 Å². The molecule has 0 heterocycles. The van der Waals surface area contributed by atoms with Crippen molar-refractivity contribution in [2.24, 2.45) is 5.92 Å². The lowest BCUT2D eigenvalue weighted by molar-refractivity contribution is -0.140. The minimum absolute atomic E-state index is 0.383. The lowest BCUT2D eigenvalue weighted by atomic mass is 10.1. The van der Waals surface area contributed by atoms with Gasteiger partial charge in [-0.05, 0) is 37.1 Å². The predicted molar refractivity (Wildman–Crippen MR) is 75.5 cm³/mol. The number of hydrogen-bond donors (Lipinski definition) is 1. The zero-order chi connectivity index (χ0) is 13.7. The number of anilines is 1. The van der Waals surface area contributed by atoms with E-state index in [9.17, 15) is 4.79 Å². The molecule has 0 saturated carbocycles. The van der Waals surface area contributed by atoms with Gasteiger partial charge in [0.15, 0.2) is 0 Å². The quantitative estimate of drug-likeness (QED) is 0.858. The van der Waals surface area contributed by atoms with Crippen LogP contribution in [0, 0.1) is 12.8 Å². The predicted octanol–water partition coefficient (Wildman–Crippen LogP) is 3.59. The molecule has 0 amide bonds. The summed E-state index contributed by atoms with van der Waals surface area (Å²) < 4.78 is 0. The Morgan fingerprint density at radius 3 is 2.67 bits per heavy atom. The smallest absolute Gasteiger partial charge is 0.308 e. The summed E-state index contributed by atoms with van der Waals surface area (Å²) >= 11 is 5.94. The molecule has 1 atom stereocenters. The van der Waals surface area contributed by atoms with Gasteiger partial charge in [-0.1, -0.05) is 25.4 Å². The highest BCUT2D eigenvalue weighted by molar-refractivity contribution is 6.30. The van der Waals surface area contributed by atoms with Crippen molar-refractivity contribution in [1.29, 1.82) is 0 Å². The van der Waals surface area contributed by atoms with Crippen molar-refractivity contribution in [3.8, 4) is 0 Å². The molecule has 1 unspecified atom stereocenters. The molecule has 1 aromatic rings. The molecule has 0 aromatic heterocycles. The van der Waals surface area contributed by atoms with Gasteiger partial charge in [0.1, 0.15) is 0 Å². The number of carboxylic acids is 1. The summed E-state index contributed by atoms with van der Waals surface area (Å²) in [5, 5.41) is 9.72. The molecule has 3 nitrogen and oxygen atoms in total. The average Bonchev–Trinajstić information content (AvgIpc) is 2.28. The molecule has 0 aliphatic rings. The lowest BCUT2D eigenvalue weighted by Crippen LogP contribution is -2.32. The Morgan fingerprint density at radius 1 is 1.50 bits per heavy atom. The standard InChI is InChI=1S/C14H20ClNO2/c1-4-7-16(9-11(3)14(17)18)13-6-5-12(15)8-10(13)2/h5-6,8,11H,4,7,9H2,1-3H3,(H,17,18). The molecule has 0 spiro atoms. The third-order valence-electron chi connectivity index (χ3n) is 2.91. The van der Waals surface area contributed by atoms with Crippen LogP contribution in [0.25, 0.3) is 0 Å². The summed E-state index contributed by atoms with van der Waals surface area (Å²) in [6, 6.07) is 5.71. The number of rotatable bonds is 6. The van der Waals surface area contributed by atoms with Crippen molar-refractivity contribution in [2.45, 2.75) is 27.2 Å². The highest BCUT2D eigenvalue weighted by atomic mass is 35.5. The van der Waals surface area contributed by atoms with E-state index in [2.05, 4.69) is 11.8 Å². The Labute approximate surface area is 113 Å². The van der Waals surface area contributed by atoms with E-state index in [1.165, 1.54) is 0 Å². The molecule has 1 aromatic carbocycles. The largest absolute Gasteiger partial charge is 0.481 e. The van der Waals surface area contributed by atoms with Crippen molar-refractivity contribution < 1.29 is 9.90 Å². The molecule has 100 valence electrons. The van der Waals surface area contributed by atoms with Crippen LogP contribution in [0.2, 0.25) is 5.02 Å². The summed E-state index contributed by atoms with van der Waals surface area (Å²) in [7, 11) is 0. The lowest BCUT2D eigenvalue weighted by Gasteiger charge is -2.27. The summed E-state index contributed by atoms with van der Waals surface area (Å²) in [6.07, 6.45) is 0.981. The van der Waals surface area contributed by atoms with Crippen molar-refractivity contribution in [3.63, 3.8) is 0 Å². The molecule has 0 radical (unpaired) electrons. The first kappa shape index (κ1) is 14.8. The van der Waals surface area contributed by atoms with Crippen LogP contribution in [-0.4, -0.2) is 24.2 Å². The normalized spacial score (nSPS) is 12.2. The van der Waals surface area contributed by atoms with Gasteiger partial charge in [-0.2, -0.15) is 0 Å². The van der Waals surface area contributed by atoms with E-state index in [1.807, 2.05) is 25.1 Å². The van der Waals surface area contributed by atoms with Gasteiger partial charge in [0.05, 0.1) is 5.92 Å². The van der Waals surface area contributed by atoms with E-state index in [0.29, 0.717) is 11.6 Å². The maximum absolute atomic E-state index is 11.0. The second-order valence-corrected chi connectivity index (χ2v) is 5.05. The molecule has 4 heteroatoms. The third-order valence-corrected chi connectivity index (χ3v) is 3.14.